The van der Waals surface area contributed by atoms with Gasteiger partial charge in [0.25, 0.3) is 11.8 Å². The molecule has 0 aliphatic carbocycles. The molecule has 0 spiro atoms. The van der Waals surface area contributed by atoms with Gasteiger partial charge >= 0.3 is 5.69 Å². The third-order valence-corrected chi connectivity index (χ3v) is 5.11. The Morgan fingerprint density at radius 3 is 2.72 bits per heavy atom. The lowest BCUT2D eigenvalue weighted by Crippen LogP contribution is -2.23. The Kier molecular flexibility index (Phi) is 4.83. The zero-order valence-electron chi connectivity index (χ0n) is 17.1. The molecular weight excluding hydrogens is 408 g/mol. The summed E-state index contributed by atoms with van der Waals surface area (Å²) in [6.07, 6.45) is 1.67. The van der Waals surface area contributed by atoms with Crippen LogP contribution in [-0.2, 0) is 13.6 Å². The summed E-state index contributed by atoms with van der Waals surface area (Å²) in [4.78, 5) is 35.8. The lowest BCUT2D eigenvalue weighted by Gasteiger charge is -2.06. The van der Waals surface area contributed by atoms with Crippen molar-refractivity contribution in [3.8, 4) is 22.6 Å². The topological polar surface area (TPSA) is 119 Å². The van der Waals surface area contributed by atoms with Gasteiger partial charge in [-0.3, -0.25) is 14.3 Å². The lowest BCUT2D eigenvalue weighted by molar-refractivity contribution is 0.0949. The molecule has 0 fully saturated rings. The van der Waals surface area contributed by atoms with Crippen LogP contribution < -0.4 is 11.0 Å². The molecule has 3 aromatic heterocycles. The van der Waals surface area contributed by atoms with E-state index < -0.39 is 0 Å². The zero-order valence-corrected chi connectivity index (χ0v) is 17.1. The first-order valence-electron chi connectivity index (χ1n) is 9.90. The first kappa shape index (κ1) is 19.4. The van der Waals surface area contributed by atoms with E-state index >= 15 is 0 Å². The summed E-state index contributed by atoms with van der Waals surface area (Å²) >= 11 is 0. The van der Waals surface area contributed by atoms with Gasteiger partial charge in [-0.25, -0.2) is 9.78 Å². The Bertz CT molecular complexity index is 1480. The number of carbonyl (C=O) groups is 1. The van der Waals surface area contributed by atoms with E-state index in [0.717, 1.165) is 16.7 Å². The molecule has 0 aliphatic heterocycles. The first-order chi connectivity index (χ1) is 15.6. The molecule has 2 aromatic carbocycles. The van der Waals surface area contributed by atoms with Gasteiger partial charge in [-0.05, 0) is 35.9 Å². The van der Waals surface area contributed by atoms with E-state index in [1.54, 1.807) is 31.4 Å². The third kappa shape index (κ3) is 3.67. The van der Waals surface area contributed by atoms with Gasteiger partial charge in [0.15, 0.2) is 11.5 Å². The normalized spacial score (nSPS) is 11.0. The highest BCUT2D eigenvalue weighted by atomic mass is 16.5. The monoisotopic (exact) mass is 426 g/mol. The second kappa shape index (κ2) is 7.95. The van der Waals surface area contributed by atoms with Crippen LogP contribution in [0.1, 0.15) is 16.2 Å². The van der Waals surface area contributed by atoms with Gasteiger partial charge in [0.2, 0.25) is 0 Å². The summed E-state index contributed by atoms with van der Waals surface area (Å²) in [5.41, 5.74) is 3.89. The van der Waals surface area contributed by atoms with Gasteiger partial charge in [0, 0.05) is 29.9 Å². The molecule has 1 amide bonds. The van der Waals surface area contributed by atoms with Crippen LogP contribution in [0.25, 0.3) is 33.7 Å². The van der Waals surface area contributed by atoms with Crippen molar-refractivity contribution < 1.29 is 9.32 Å². The van der Waals surface area contributed by atoms with Gasteiger partial charge in [-0.15, -0.1) is 0 Å². The minimum absolute atomic E-state index is 0.137. The third-order valence-electron chi connectivity index (χ3n) is 5.11. The maximum Gasteiger partial charge on any atom is 0.327 e. The molecule has 5 rings (SSSR count). The molecule has 9 heteroatoms. The van der Waals surface area contributed by atoms with Gasteiger partial charge in [0.05, 0.1) is 12.1 Å². The fraction of sp³-hybridized carbons (Fsp3) is 0.0870. The molecule has 158 valence electrons. The molecule has 0 atom stereocenters. The van der Waals surface area contributed by atoms with Gasteiger partial charge in [-0.2, -0.15) is 4.98 Å². The van der Waals surface area contributed by atoms with Crippen LogP contribution in [0.3, 0.4) is 0 Å². The van der Waals surface area contributed by atoms with E-state index in [1.165, 1.54) is 4.57 Å². The number of carbonyl (C=O) groups excluding carboxylic acids is 1. The molecule has 0 saturated carbocycles. The molecule has 3 heterocycles. The SMILES string of the molecule is Cn1c(=O)[nH]c2ncc(-c3cccc(C(=O)NCc4noc(-c5ccccc5)n4)c3)cc21. The summed E-state index contributed by atoms with van der Waals surface area (Å²) in [6.45, 7) is 0.137. The number of hydrogen-bond donors (Lipinski definition) is 2. The summed E-state index contributed by atoms with van der Waals surface area (Å²) in [7, 11) is 1.68. The van der Waals surface area contributed by atoms with Crippen molar-refractivity contribution in [3.63, 3.8) is 0 Å². The van der Waals surface area contributed by atoms with E-state index in [9.17, 15) is 9.59 Å². The number of nitrogens with zero attached hydrogens (tertiary/aromatic N) is 4. The highest BCUT2D eigenvalue weighted by Gasteiger charge is 2.12. The number of H-pyrrole nitrogens is 1. The highest BCUT2D eigenvalue weighted by Crippen LogP contribution is 2.22. The molecule has 0 aliphatic rings. The van der Waals surface area contributed by atoms with Gasteiger partial charge in [0.1, 0.15) is 0 Å². The number of hydrogen-bond acceptors (Lipinski definition) is 6. The van der Waals surface area contributed by atoms with Crippen molar-refractivity contribution in [3.05, 3.63) is 88.7 Å². The number of rotatable bonds is 5. The fourth-order valence-electron chi connectivity index (χ4n) is 3.38. The Morgan fingerprint density at radius 2 is 1.88 bits per heavy atom. The standard InChI is InChI=1S/C23H18N6O3/c1-29-18-11-17(12-24-20(18)27-23(29)31)15-8-5-9-16(10-15)21(30)25-13-19-26-22(32-28-19)14-6-3-2-4-7-14/h2-12H,13H2,1H3,(H,25,30)(H,24,27,31). The second-order valence-corrected chi connectivity index (χ2v) is 7.23. The molecule has 32 heavy (non-hydrogen) atoms. The number of amides is 1. The zero-order chi connectivity index (χ0) is 22.1. The van der Waals surface area contributed by atoms with Crippen molar-refractivity contribution in [2.75, 3.05) is 0 Å². The number of imidazole rings is 1. The van der Waals surface area contributed by atoms with Crippen LogP contribution in [0.15, 0.2) is 76.2 Å². The number of aromatic nitrogens is 5. The Labute approximate surface area is 181 Å². The summed E-state index contributed by atoms with van der Waals surface area (Å²) in [5, 5.41) is 6.73. The van der Waals surface area contributed by atoms with Gasteiger partial charge < -0.3 is 9.84 Å². The fourth-order valence-corrected chi connectivity index (χ4v) is 3.38. The van der Waals surface area contributed by atoms with Gasteiger partial charge in [-0.1, -0.05) is 35.5 Å². The minimum atomic E-state index is -0.263. The number of pyridine rings is 1. The second-order valence-electron chi connectivity index (χ2n) is 7.23. The number of benzene rings is 2. The van der Waals surface area contributed by atoms with Crippen LogP contribution in [0.2, 0.25) is 0 Å². The van der Waals surface area contributed by atoms with Crippen LogP contribution in [-0.4, -0.2) is 30.6 Å². The lowest BCUT2D eigenvalue weighted by atomic mass is 10.0. The van der Waals surface area contributed by atoms with Crippen molar-refractivity contribution in [1.82, 2.24) is 30.0 Å². The number of fused-ring (bicyclic) bond motifs is 1. The van der Waals surface area contributed by atoms with E-state index in [-0.39, 0.29) is 18.1 Å². The van der Waals surface area contributed by atoms with E-state index in [1.807, 2.05) is 42.5 Å². The average Bonchev–Trinajstić information content (AvgIpc) is 3.42. The van der Waals surface area contributed by atoms with Crippen LogP contribution in [0, 0.1) is 0 Å². The molecular formula is C23H18N6O3. The Balaban J connectivity index is 1.32. The van der Waals surface area contributed by atoms with Crippen LogP contribution in [0.4, 0.5) is 0 Å². The molecule has 9 nitrogen and oxygen atoms in total. The number of aromatic amines is 1. The average molecular weight is 426 g/mol. The quantitative estimate of drug-likeness (QED) is 0.446. The van der Waals surface area contributed by atoms with E-state index in [0.29, 0.717) is 28.4 Å². The van der Waals surface area contributed by atoms with Crippen molar-refractivity contribution in [2.24, 2.45) is 7.05 Å². The Morgan fingerprint density at radius 1 is 1.06 bits per heavy atom. The van der Waals surface area contributed by atoms with Crippen LogP contribution >= 0.6 is 0 Å². The maximum absolute atomic E-state index is 12.7. The maximum atomic E-state index is 12.7. The largest absolute Gasteiger partial charge is 0.345 e. The minimum Gasteiger partial charge on any atom is -0.345 e. The highest BCUT2D eigenvalue weighted by molar-refractivity contribution is 5.95. The first-order valence-corrected chi connectivity index (χ1v) is 9.90. The Hall–Kier alpha value is -4.53. The molecule has 0 radical (unpaired) electrons. The smallest absolute Gasteiger partial charge is 0.327 e. The van der Waals surface area contributed by atoms with E-state index in [2.05, 4.69) is 25.4 Å². The van der Waals surface area contributed by atoms with E-state index in [4.69, 9.17) is 4.52 Å². The molecule has 0 saturated heterocycles. The molecule has 2 N–H and O–H groups in total. The molecule has 0 bridgehead atoms. The van der Waals surface area contributed by atoms with Crippen molar-refractivity contribution in [1.29, 1.82) is 0 Å². The number of aryl methyl sites for hydroxylation is 1. The molecule has 5 aromatic rings. The summed E-state index contributed by atoms with van der Waals surface area (Å²) in [5.74, 6) is 0.524. The summed E-state index contributed by atoms with van der Waals surface area (Å²) < 4.78 is 6.76. The predicted molar refractivity (Wildman–Crippen MR) is 118 cm³/mol. The van der Waals surface area contributed by atoms with Crippen molar-refractivity contribution >= 4 is 17.1 Å². The number of nitrogens with one attached hydrogen (secondary N) is 2. The van der Waals surface area contributed by atoms with Crippen molar-refractivity contribution in [2.45, 2.75) is 6.54 Å². The molecule has 0 unspecified atom stereocenters. The van der Waals surface area contributed by atoms with Crippen LogP contribution in [0.5, 0.6) is 0 Å². The predicted octanol–water partition coefficient (Wildman–Crippen LogP) is 2.91. The summed E-state index contributed by atoms with van der Waals surface area (Å²) in [6, 6.07) is 18.5.